The van der Waals surface area contributed by atoms with Crippen LogP contribution in [-0.2, 0) is 19.6 Å². The van der Waals surface area contributed by atoms with Gasteiger partial charge in [0.25, 0.3) is 0 Å². The van der Waals surface area contributed by atoms with Gasteiger partial charge in [0, 0.05) is 19.0 Å². The normalized spacial score (nSPS) is 19.9. The van der Waals surface area contributed by atoms with Gasteiger partial charge < -0.3 is 10.4 Å². The highest BCUT2D eigenvalue weighted by Crippen LogP contribution is 2.19. The molecule has 2 N–H and O–H groups in total. The van der Waals surface area contributed by atoms with E-state index in [2.05, 4.69) is 5.32 Å². The summed E-state index contributed by atoms with van der Waals surface area (Å²) in [5.41, 5.74) is 0. The molecule has 8 heteroatoms. The van der Waals surface area contributed by atoms with E-state index in [1.165, 1.54) is 4.31 Å². The molecule has 1 fully saturated rings. The SMILES string of the molecule is CCC(NC(=O)C1CCN(S(C)(=O)=O)CC1)C(=O)O. The molecule has 0 aliphatic carbocycles. The van der Waals surface area contributed by atoms with Gasteiger partial charge in [-0.05, 0) is 19.3 Å². The first-order valence-corrected chi connectivity index (χ1v) is 8.08. The number of nitrogens with zero attached hydrogens (tertiary/aromatic N) is 1. The van der Waals surface area contributed by atoms with Crippen LogP contribution in [0.5, 0.6) is 0 Å². The molecule has 0 saturated carbocycles. The van der Waals surface area contributed by atoms with Crippen LogP contribution in [0.25, 0.3) is 0 Å². The Morgan fingerprint density at radius 3 is 2.26 bits per heavy atom. The van der Waals surface area contributed by atoms with Crippen molar-refractivity contribution in [3.63, 3.8) is 0 Å². The Balaban J connectivity index is 2.51. The van der Waals surface area contributed by atoms with E-state index >= 15 is 0 Å². The van der Waals surface area contributed by atoms with Crippen molar-refractivity contribution in [3.8, 4) is 0 Å². The number of nitrogens with one attached hydrogen (secondary N) is 1. The lowest BCUT2D eigenvalue weighted by atomic mass is 9.97. The highest BCUT2D eigenvalue weighted by molar-refractivity contribution is 7.88. The molecule has 1 atom stereocenters. The maximum absolute atomic E-state index is 11.9. The molecule has 19 heavy (non-hydrogen) atoms. The molecule has 0 radical (unpaired) electrons. The zero-order chi connectivity index (χ0) is 14.6. The lowest BCUT2D eigenvalue weighted by Gasteiger charge is -2.30. The average Bonchev–Trinajstić information content (AvgIpc) is 2.34. The lowest BCUT2D eigenvalue weighted by Crippen LogP contribution is -2.47. The standard InChI is InChI=1S/C11H20N2O5S/c1-3-9(11(15)16)12-10(14)8-4-6-13(7-5-8)19(2,17)18/h8-9H,3-7H2,1-2H3,(H,12,14)(H,15,16). The Labute approximate surface area is 113 Å². The van der Waals surface area contributed by atoms with Crippen LogP contribution < -0.4 is 5.32 Å². The van der Waals surface area contributed by atoms with Crippen molar-refractivity contribution in [1.82, 2.24) is 9.62 Å². The van der Waals surface area contributed by atoms with Crippen LogP contribution in [-0.4, -0.2) is 55.1 Å². The van der Waals surface area contributed by atoms with E-state index in [1.54, 1.807) is 6.92 Å². The first-order valence-electron chi connectivity index (χ1n) is 6.24. The number of sulfonamides is 1. The van der Waals surface area contributed by atoms with Gasteiger partial charge in [-0.15, -0.1) is 0 Å². The van der Waals surface area contributed by atoms with Gasteiger partial charge in [-0.2, -0.15) is 0 Å². The van der Waals surface area contributed by atoms with Crippen molar-refractivity contribution in [3.05, 3.63) is 0 Å². The third-order valence-electron chi connectivity index (χ3n) is 3.32. The molecule has 0 spiro atoms. The van der Waals surface area contributed by atoms with Gasteiger partial charge in [0.05, 0.1) is 6.26 Å². The number of hydrogen-bond donors (Lipinski definition) is 2. The van der Waals surface area contributed by atoms with Crippen molar-refractivity contribution < 1.29 is 23.1 Å². The van der Waals surface area contributed by atoms with Gasteiger partial charge in [-0.25, -0.2) is 17.5 Å². The Morgan fingerprint density at radius 1 is 1.37 bits per heavy atom. The van der Waals surface area contributed by atoms with Gasteiger partial charge in [0.1, 0.15) is 6.04 Å². The van der Waals surface area contributed by atoms with E-state index in [0.29, 0.717) is 32.4 Å². The molecule has 1 unspecified atom stereocenters. The van der Waals surface area contributed by atoms with Crippen LogP contribution in [0.4, 0.5) is 0 Å². The third-order valence-corrected chi connectivity index (χ3v) is 4.62. The van der Waals surface area contributed by atoms with E-state index in [1.807, 2.05) is 0 Å². The largest absolute Gasteiger partial charge is 0.480 e. The number of carboxylic acid groups (broad SMARTS) is 1. The van der Waals surface area contributed by atoms with Crippen molar-refractivity contribution in [2.24, 2.45) is 5.92 Å². The van der Waals surface area contributed by atoms with Crippen LogP contribution in [0.1, 0.15) is 26.2 Å². The molecule has 0 aromatic carbocycles. The molecule has 1 aliphatic heterocycles. The molecule has 0 aromatic rings. The second-order valence-corrected chi connectivity index (χ2v) is 6.73. The van der Waals surface area contributed by atoms with Crippen LogP contribution >= 0.6 is 0 Å². The minimum Gasteiger partial charge on any atom is -0.480 e. The van der Waals surface area contributed by atoms with Crippen LogP contribution in [0.3, 0.4) is 0 Å². The zero-order valence-corrected chi connectivity index (χ0v) is 11.9. The summed E-state index contributed by atoms with van der Waals surface area (Å²) in [7, 11) is -3.21. The van der Waals surface area contributed by atoms with Crippen LogP contribution in [0, 0.1) is 5.92 Å². The number of carboxylic acids is 1. The van der Waals surface area contributed by atoms with E-state index in [0.717, 1.165) is 6.26 Å². The molecule has 1 saturated heterocycles. The van der Waals surface area contributed by atoms with Crippen molar-refractivity contribution in [1.29, 1.82) is 0 Å². The van der Waals surface area contributed by atoms with E-state index in [4.69, 9.17) is 5.11 Å². The van der Waals surface area contributed by atoms with Crippen molar-refractivity contribution >= 4 is 21.9 Å². The van der Waals surface area contributed by atoms with E-state index in [-0.39, 0.29) is 11.8 Å². The molecule has 7 nitrogen and oxygen atoms in total. The number of piperidine rings is 1. The van der Waals surface area contributed by atoms with Crippen molar-refractivity contribution in [2.45, 2.75) is 32.2 Å². The second-order valence-electron chi connectivity index (χ2n) is 4.74. The fourth-order valence-corrected chi connectivity index (χ4v) is 2.95. The minimum atomic E-state index is -3.21. The summed E-state index contributed by atoms with van der Waals surface area (Å²) in [6.07, 6.45) is 2.32. The molecule has 1 heterocycles. The average molecular weight is 292 g/mol. The lowest BCUT2D eigenvalue weighted by molar-refractivity contribution is -0.142. The second kappa shape index (κ2) is 6.33. The third kappa shape index (κ3) is 4.46. The number of carbonyl (C=O) groups excluding carboxylic acids is 1. The Morgan fingerprint density at radius 2 is 1.89 bits per heavy atom. The summed E-state index contributed by atoms with van der Waals surface area (Å²) in [4.78, 5) is 22.7. The summed E-state index contributed by atoms with van der Waals surface area (Å²) in [5.74, 6) is -1.67. The van der Waals surface area contributed by atoms with Gasteiger partial charge in [-0.3, -0.25) is 4.79 Å². The molecule has 110 valence electrons. The highest BCUT2D eigenvalue weighted by Gasteiger charge is 2.30. The highest BCUT2D eigenvalue weighted by atomic mass is 32.2. The van der Waals surface area contributed by atoms with E-state index < -0.39 is 22.0 Å². The summed E-state index contributed by atoms with van der Waals surface area (Å²) in [6.45, 7) is 2.30. The summed E-state index contributed by atoms with van der Waals surface area (Å²) in [5, 5.41) is 11.3. The maximum Gasteiger partial charge on any atom is 0.326 e. The predicted molar refractivity (Wildman–Crippen MR) is 69.0 cm³/mol. The monoisotopic (exact) mass is 292 g/mol. The zero-order valence-electron chi connectivity index (χ0n) is 11.1. The smallest absolute Gasteiger partial charge is 0.326 e. The van der Waals surface area contributed by atoms with E-state index in [9.17, 15) is 18.0 Å². The molecule has 0 aromatic heterocycles. The Kier molecular flexibility index (Phi) is 5.30. The molecular weight excluding hydrogens is 272 g/mol. The number of carbonyl (C=O) groups is 2. The minimum absolute atomic E-state index is 0.303. The van der Waals surface area contributed by atoms with Gasteiger partial charge >= 0.3 is 5.97 Å². The molecule has 1 amide bonds. The van der Waals surface area contributed by atoms with Gasteiger partial charge in [0.2, 0.25) is 15.9 Å². The number of hydrogen-bond acceptors (Lipinski definition) is 4. The molecular formula is C11H20N2O5S. The molecule has 1 aliphatic rings. The first-order chi connectivity index (χ1) is 8.75. The Bertz CT molecular complexity index is 440. The summed E-state index contributed by atoms with van der Waals surface area (Å²) in [6, 6.07) is -0.875. The van der Waals surface area contributed by atoms with Crippen LogP contribution in [0.2, 0.25) is 0 Å². The fraction of sp³-hybridized carbons (Fsp3) is 0.818. The Hall–Kier alpha value is -1.15. The van der Waals surface area contributed by atoms with Gasteiger partial charge in [0.15, 0.2) is 0 Å². The quantitative estimate of drug-likeness (QED) is 0.720. The number of rotatable bonds is 5. The predicted octanol–water partition coefficient (Wildman–Crippen LogP) is -0.363. The maximum atomic E-state index is 11.9. The first kappa shape index (κ1) is 15.9. The fourth-order valence-electron chi connectivity index (χ4n) is 2.08. The topological polar surface area (TPSA) is 104 Å². The van der Waals surface area contributed by atoms with Crippen molar-refractivity contribution in [2.75, 3.05) is 19.3 Å². The van der Waals surface area contributed by atoms with Gasteiger partial charge in [-0.1, -0.05) is 6.92 Å². The number of amides is 1. The molecule has 0 bridgehead atoms. The summed E-state index contributed by atoms with van der Waals surface area (Å²) < 4.78 is 24.0. The number of aliphatic carboxylic acids is 1. The van der Waals surface area contributed by atoms with Crippen LogP contribution in [0.15, 0.2) is 0 Å². The molecule has 1 rings (SSSR count). The summed E-state index contributed by atoms with van der Waals surface area (Å²) >= 11 is 0.